The Kier molecular flexibility index (Phi) is 8.85. The van der Waals surface area contributed by atoms with Gasteiger partial charge in [-0.05, 0) is 94.4 Å². The van der Waals surface area contributed by atoms with Gasteiger partial charge >= 0.3 is 11.9 Å². The molecule has 8 aliphatic rings. The smallest absolute Gasteiger partial charge is 0.339 e. The number of aliphatic hydroxyl groups excluding tert-OH is 2. The van der Waals surface area contributed by atoms with E-state index in [0.717, 1.165) is 57.3 Å². The number of fused-ring (bicyclic) bond motifs is 1. The lowest BCUT2D eigenvalue weighted by atomic mass is 9.36. The van der Waals surface area contributed by atoms with E-state index in [-0.39, 0.29) is 36.6 Å². The number of furan rings is 1. The van der Waals surface area contributed by atoms with Gasteiger partial charge in [-0.2, -0.15) is 0 Å². The van der Waals surface area contributed by atoms with E-state index in [2.05, 4.69) is 31.4 Å². The predicted molar refractivity (Wildman–Crippen MR) is 194 cm³/mol. The van der Waals surface area contributed by atoms with Gasteiger partial charge < -0.3 is 44.2 Å². The van der Waals surface area contributed by atoms with Crippen molar-refractivity contribution < 1.29 is 48.0 Å². The minimum absolute atomic E-state index is 0.00897. The maximum atomic E-state index is 15.0. The maximum absolute atomic E-state index is 15.0. The molecule has 1 aromatic heterocycles. The SMILES string of the molecule is CC(C)CC[C@]1(C)O[C@H]2CC(=O)OC[C@]23[C@H]2CC[C@@]4(C)[C@H](c5ccoc5C[C@@H]5C[C@@H](CC[C@@H]6CNCN6)CC[C@@H]5O)OC(=O)[C@H]5O[C@]54[C@]2(C)[C@H](O)C(=O)[C@@H]31. The molecule has 6 heterocycles. The molecule has 3 aliphatic carbocycles. The van der Waals surface area contributed by atoms with Crippen LogP contribution in [0.1, 0.15) is 116 Å². The second-order valence-corrected chi connectivity index (χ2v) is 19.5. The standard InChI is InChI=1S/C42H60N2O10/c1-22(2)10-14-39(4)33-32(47)34(48)40(5)29(41(33)20-51-31(46)18-30(41)53-39)11-13-38(3)35(52-37(49)36-42(38,40)54-36)26-12-15-50-28(26)17-24-16-23(7-9-27(24)45)6-8-25-19-43-21-44-25/h12,15,22-25,27,29-30,33-36,43-45,48H,6-11,13-14,16-21H2,1-5H3/t23-,24-,25+,27-,29-,30-,33+,34+,35-,36+,38-,39-,40-,41-,42+/m0/s1. The van der Waals surface area contributed by atoms with Crippen LogP contribution in [0.3, 0.4) is 0 Å². The Morgan fingerprint density at radius 3 is 2.59 bits per heavy atom. The molecule has 4 N–H and O–H groups in total. The van der Waals surface area contributed by atoms with Crippen LogP contribution in [0.15, 0.2) is 16.7 Å². The van der Waals surface area contributed by atoms with Crippen molar-refractivity contribution in [2.45, 2.75) is 153 Å². The highest BCUT2D eigenvalue weighted by Crippen LogP contribution is 2.80. The average molecular weight is 753 g/mol. The topological polar surface area (TPSA) is 169 Å². The Hall–Kier alpha value is -2.35. The van der Waals surface area contributed by atoms with Gasteiger partial charge in [0.25, 0.3) is 0 Å². The largest absolute Gasteiger partial charge is 0.469 e. The number of hydrogen-bond acceptors (Lipinski definition) is 12. The zero-order valence-electron chi connectivity index (χ0n) is 32.6. The Morgan fingerprint density at radius 1 is 1.02 bits per heavy atom. The van der Waals surface area contributed by atoms with Gasteiger partial charge in [0, 0.05) is 47.5 Å². The molecule has 9 rings (SSSR count). The number of carbonyl (C=O) groups is 3. The predicted octanol–water partition coefficient (Wildman–Crippen LogP) is 4.14. The van der Waals surface area contributed by atoms with Crippen molar-refractivity contribution in [2.24, 2.45) is 45.8 Å². The van der Waals surface area contributed by atoms with E-state index in [1.54, 1.807) is 6.26 Å². The molecule has 12 heteroatoms. The molecular weight excluding hydrogens is 692 g/mol. The maximum Gasteiger partial charge on any atom is 0.339 e. The second-order valence-electron chi connectivity index (χ2n) is 19.5. The molecule has 0 amide bonds. The monoisotopic (exact) mass is 752 g/mol. The summed E-state index contributed by atoms with van der Waals surface area (Å²) in [4.78, 5) is 41.8. The molecule has 1 aromatic rings. The summed E-state index contributed by atoms with van der Waals surface area (Å²) in [6.07, 6.45) is 5.60. The first-order chi connectivity index (χ1) is 25.7. The van der Waals surface area contributed by atoms with Gasteiger partial charge in [-0.25, -0.2) is 4.79 Å². The van der Waals surface area contributed by atoms with E-state index >= 15 is 0 Å². The van der Waals surface area contributed by atoms with Crippen LogP contribution < -0.4 is 10.6 Å². The van der Waals surface area contributed by atoms with Crippen molar-refractivity contribution in [3.63, 3.8) is 0 Å². The second kappa shape index (κ2) is 12.8. The lowest BCUT2D eigenvalue weighted by molar-refractivity contribution is -0.252. The summed E-state index contributed by atoms with van der Waals surface area (Å²) in [5.74, 6) is -0.558. The first-order valence-corrected chi connectivity index (χ1v) is 20.8. The van der Waals surface area contributed by atoms with Crippen molar-refractivity contribution in [1.82, 2.24) is 10.6 Å². The third-order valence-electron chi connectivity index (χ3n) is 16.3. The first-order valence-electron chi connectivity index (χ1n) is 20.8. The summed E-state index contributed by atoms with van der Waals surface area (Å²) in [5.41, 5.74) is -4.22. The Labute approximate surface area is 318 Å². The Balaban J connectivity index is 1.04. The van der Waals surface area contributed by atoms with Crippen LogP contribution >= 0.6 is 0 Å². The fourth-order valence-electron chi connectivity index (χ4n) is 13.7. The van der Waals surface area contributed by atoms with Gasteiger partial charge in [-0.3, -0.25) is 9.59 Å². The van der Waals surface area contributed by atoms with Gasteiger partial charge in [-0.15, -0.1) is 0 Å². The van der Waals surface area contributed by atoms with Crippen LogP contribution in [-0.4, -0.2) is 89.4 Å². The lowest BCUT2D eigenvalue weighted by Gasteiger charge is -2.66. The number of nitrogens with one attached hydrogen (secondary N) is 2. The number of hydrogen-bond donors (Lipinski definition) is 4. The number of rotatable bonds is 9. The third kappa shape index (κ3) is 5.04. The Bertz CT molecular complexity index is 1670. The van der Waals surface area contributed by atoms with Crippen LogP contribution in [0, 0.1) is 45.8 Å². The normalized spacial score (nSPS) is 49.4. The molecular formula is C42H60N2O10. The summed E-state index contributed by atoms with van der Waals surface area (Å²) < 4.78 is 31.9. The molecule has 2 spiro atoms. The number of aliphatic hydroxyl groups is 2. The lowest BCUT2D eigenvalue weighted by Crippen LogP contribution is -2.76. The van der Waals surface area contributed by atoms with Crippen LogP contribution in [-0.2, 0) is 39.8 Å². The van der Waals surface area contributed by atoms with E-state index in [4.69, 9.17) is 23.4 Å². The van der Waals surface area contributed by atoms with Gasteiger partial charge in [0.05, 0.1) is 36.4 Å². The molecule has 8 fully saturated rings. The highest BCUT2D eigenvalue weighted by atomic mass is 16.7. The number of esters is 2. The fourth-order valence-corrected chi connectivity index (χ4v) is 13.7. The molecule has 0 radical (unpaired) electrons. The molecule has 5 saturated heterocycles. The fraction of sp³-hybridized carbons (Fsp3) is 0.833. The van der Waals surface area contributed by atoms with Crippen molar-refractivity contribution in [3.8, 4) is 0 Å². The molecule has 3 saturated carbocycles. The number of ketones is 1. The summed E-state index contributed by atoms with van der Waals surface area (Å²) in [5, 5.41) is 30.6. The minimum atomic E-state index is -1.43. The zero-order chi connectivity index (χ0) is 38.0. The summed E-state index contributed by atoms with van der Waals surface area (Å²) in [6, 6.07) is 2.37. The van der Waals surface area contributed by atoms with Gasteiger partial charge in [0.2, 0.25) is 0 Å². The zero-order valence-corrected chi connectivity index (χ0v) is 32.6. The highest BCUT2D eigenvalue weighted by Gasteiger charge is 2.91. The van der Waals surface area contributed by atoms with Gasteiger partial charge in [0.1, 0.15) is 30.2 Å². The van der Waals surface area contributed by atoms with Crippen molar-refractivity contribution in [3.05, 3.63) is 23.7 Å². The number of epoxide rings is 1. The van der Waals surface area contributed by atoms with Gasteiger partial charge in [-0.1, -0.05) is 27.7 Å². The average Bonchev–Trinajstić information content (AvgIpc) is 3.37. The van der Waals surface area contributed by atoms with Crippen LogP contribution in [0.25, 0.3) is 0 Å². The van der Waals surface area contributed by atoms with Crippen LogP contribution in [0.5, 0.6) is 0 Å². The molecule has 298 valence electrons. The quantitative estimate of drug-likeness (QED) is 0.211. The molecule has 54 heavy (non-hydrogen) atoms. The van der Waals surface area contributed by atoms with E-state index in [1.165, 1.54) is 0 Å². The molecule has 0 unspecified atom stereocenters. The van der Waals surface area contributed by atoms with E-state index < -0.39 is 69.9 Å². The van der Waals surface area contributed by atoms with Crippen molar-refractivity contribution in [2.75, 3.05) is 19.8 Å². The van der Waals surface area contributed by atoms with Crippen LogP contribution in [0.2, 0.25) is 0 Å². The van der Waals surface area contributed by atoms with Crippen LogP contribution in [0.4, 0.5) is 0 Å². The molecule has 15 atom stereocenters. The molecule has 12 nitrogen and oxygen atoms in total. The number of ether oxygens (including phenoxy) is 4. The molecule has 5 aliphatic heterocycles. The summed E-state index contributed by atoms with van der Waals surface area (Å²) in [7, 11) is 0. The molecule has 0 bridgehead atoms. The van der Waals surface area contributed by atoms with Crippen molar-refractivity contribution in [1.29, 1.82) is 0 Å². The first kappa shape index (κ1) is 37.2. The van der Waals surface area contributed by atoms with Crippen molar-refractivity contribution >= 4 is 17.7 Å². The number of Topliss-reactive ketones (excluding diaryl/α,β-unsaturated/α-hetero) is 1. The molecule has 0 aromatic carbocycles. The van der Waals surface area contributed by atoms with Gasteiger partial charge in [0.15, 0.2) is 11.9 Å². The Morgan fingerprint density at radius 2 is 1.83 bits per heavy atom. The van der Waals surface area contributed by atoms with E-state index in [1.807, 2.05) is 19.9 Å². The summed E-state index contributed by atoms with van der Waals surface area (Å²) >= 11 is 0. The number of cyclic esters (lactones) is 2. The highest BCUT2D eigenvalue weighted by molar-refractivity contribution is 5.92. The van der Waals surface area contributed by atoms with E-state index in [0.29, 0.717) is 49.3 Å². The van der Waals surface area contributed by atoms with E-state index in [9.17, 15) is 24.6 Å². The number of carbonyl (C=O) groups excluding carboxylic acids is 3. The minimum Gasteiger partial charge on any atom is -0.469 e. The summed E-state index contributed by atoms with van der Waals surface area (Å²) in [6.45, 7) is 12.1. The third-order valence-corrected chi connectivity index (χ3v) is 16.3.